The highest BCUT2D eigenvalue weighted by atomic mass is 16.2. The Balaban J connectivity index is 1.79. The molecule has 3 amide bonds. The topological polar surface area (TPSA) is 92.5 Å². The molecule has 1 saturated carbocycles. The van der Waals surface area contributed by atoms with Crippen LogP contribution in [-0.2, 0) is 9.59 Å². The highest BCUT2D eigenvalue weighted by Crippen LogP contribution is 2.26. The van der Waals surface area contributed by atoms with Gasteiger partial charge in [-0.25, -0.2) is 4.90 Å². The monoisotopic (exact) mass is 273 g/mol. The summed E-state index contributed by atoms with van der Waals surface area (Å²) in [4.78, 5) is 36.4. The first-order valence-electron chi connectivity index (χ1n) is 6.59. The normalized spacial score (nSPS) is 22.4. The van der Waals surface area contributed by atoms with E-state index in [0.717, 1.165) is 12.8 Å². The number of anilines is 1. The molecule has 1 aliphatic heterocycles. The van der Waals surface area contributed by atoms with Crippen molar-refractivity contribution in [2.75, 3.05) is 4.90 Å². The molecule has 3 N–H and O–H groups in total. The number of nitrogens with one attached hydrogen (secondary N) is 1. The van der Waals surface area contributed by atoms with Crippen LogP contribution in [0.25, 0.3) is 0 Å². The van der Waals surface area contributed by atoms with Gasteiger partial charge >= 0.3 is 0 Å². The highest BCUT2D eigenvalue weighted by molar-refractivity contribution is 6.22. The van der Waals surface area contributed by atoms with E-state index in [1.54, 1.807) is 12.1 Å². The van der Waals surface area contributed by atoms with Gasteiger partial charge in [-0.15, -0.1) is 0 Å². The summed E-state index contributed by atoms with van der Waals surface area (Å²) in [5, 5.41) is 3.18. The number of hydrogen-bond acceptors (Lipinski definition) is 4. The zero-order valence-electron chi connectivity index (χ0n) is 10.8. The Morgan fingerprint density at radius 1 is 1.20 bits per heavy atom. The molecule has 2 fully saturated rings. The lowest BCUT2D eigenvalue weighted by molar-refractivity contribution is -0.121. The van der Waals surface area contributed by atoms with Crippen LogP contribution in [0, 0.1) is 0 Å². The molecule has 3 rings (SSSR count). The van der Waals surface area contributed by atoms with Gasteiger partial charge in [0.1, 0.15) is 0 Å². The molecular formula is C14H15N3O3. The van der Waals surface area contributed by atoms with Crippen molar-refractivity contribution in [2.45, 2.75) is 31.3 Å². The number of amides is 3. The summed E-state index contributed by atoms with van der Waals surface area (Å²) in [7, 11) is 0. The Kier molecular flexibility index (Phi) is 3.02. The summed E-state index contributed by atoms with van der Waals surface area (Å²) in [5.41, 5.74) is 5.98. The molecule has 6 heteroatoms. The third-order valence-corrected chi connectivity index (χ3v) is 3.57. The smallest absolute Gasteiger partial charge is 0.251 e. The number of hydrogen-bond donors (Lipinski definition) is 2. The first-order valence-corrected chi connectivity index (χ1v) is 6.59. The standard InChI is InChI=1S/C14H15N3O3/c15-13(19)8-1-5-10(6-2-8)17-12(18)7-11(14(17)20)16-9-3-4-9/h1-2,5-6,9,11,16H,3-4,7H2,(H2,15,19). The third-order valence-electron chi connectivity index (χ3n) is 3.57. The molecule has 20 heavy (non-hydrogen) atoms. The Bertz CT molecular complexity index is 578. The Labute approximate surface area is 115 Å². The molecule has 1 saturated heterocycles. The van der Waals surface area contributed by atoms with Crippen molar-refractivity contribution < 1.29 is 14.4 Å². The lowest BCUT2D eigenvalue weighted by Crippen LogP contribution is -2.39. The van der Waals surface area contributed by atoms with Crippen molar-refractivity contribution in [3.8, 4) is 0 Å². The number of primary amides is 1. The molecular weight excluding hydrogens is 258 g/mol. The average Bonchev–Trinajstić information content (AvgIpc) is 3.17. The van der Waals surface area contributed by atoms with Crippen LogP contribution >= 0.6 is 0 Å². The third kappa shape index (κ3) is 2.30. The van der Waals surface area contributed by atoms with Crippen LogP contribution < -0.4 is 16.0 Å². The zero-order chi connectivity index (χ0) is 14.3. The second kappa shape index (κ2) is 4.72. The summed E-state index contributed by atoms with van der Waals surface area (Å²) in [6.07, 6.45) is 2.31. The largest absolute Gasteiger partial charge is 0.366 e. The van der Waals surface area contributed by atoms with E-state index in [0.29, 0.717) is 17.3 Å². The van der Waals surface area contributed by atoms with Crippen LogP contribution in [0.3, 0.4) is 0 Å². The molecule has 0 aromatic heterocycles. The fraction of sp³-hybridized carbons (Fsp3) is 0.357. The van der Waals surface area contributed by atoms with Crippen LogP contribution in [-0.4, -0.2) is 29.8 Å². The van der Waals surface area contributed by atoms with Crippen molar-refractivity contribution in [2.24, 2.45) is 5.73 Å². The van der Waals surface area contributed by atoms with E-state index in [1.165, 1.54) is 17.0 Å². The van der Waals surface area contributed by atoms with Crippen LogP contribution in [0.1, 0.15) is 29.6 Å². The van der Waals surface area contributed by atoms with Crippen LogP contribution in [0.4, 0.5) is 5.69 Å². The zero-order valence-corrected chi connectivity index (χ0v) is 10.8. The van der Waals surface area contributed by atoms with Gasteiger partial charge in [0.2, 0.25) is 11.8 Å². The molecule has 0 bridgehead atoms. The lowest BCUT2D eigenvalue weighted by Gasteiger charge is -2.15. The van der Waals surface area contributed by atoms with E-state index in [-0.39, 0.29) is 18.2 Å². The molecule has 1 aromatic carbocycles. The quantitative estimate of drug-likeness (QED) is 0.765. The van der Waals surface area contributed by atoms with Crippen molar-refractivity contribution in [3.05, 3.63) is 29.8 Å². The maximum Gasteiger partial charge on any atom is 0.251 e. The Hall–Kier alpha value is -2.21. The van der Waals surface area contributed by atoms with Gasteiger partial charge < -0.3 is 11.1 Å². The summed E-state index contributed by atoms with van der Waals surface area (Å²) < 4.78 is 0. The molecule has 2 aliphatic rings. The van der Waals surface area contributed by atoms with Crippen molar-refractivity contribution in [1.82, 2.24) is 5.32 Å². The van der Waals surface area contributed by atoms with Gasteiger partial charge in [0.25, 0.3) is 5.91 Å². The summed E-state index contributed by atoms with van der Waals surface area (Å²) in [6.45, 7) is 0. The van der Waals surface area contributed by atoms with Crippen LogP contribution in [0.2, 0.25) is 0 Å². The van der Waals surface area contributed by atoms with Gasteiger partial charge in [0.05, 0.1) is 18.2 Å². The number of benzene rings is 1. The van der Waals surface area contributed by atoms with Gasteiger partial charge in [-0.3, -0.25) is 14.4 Å². The molecule has 1 aliphatic carbocycles. The lowest BCUT2D eigenvalue weighted by atomic mass is 10.2. The Morgan fingerprint density at radius 2 is 1.85 bits per heavy atom. The van der Waals surface area contributed by atoms with E-state index in [1.807, 2.05) is 0 Å². The van der Waals surface area contributed by atoms with Crippen LogP contribution in [0.5, 0.6) is 0 Å². The van der Waals surface area contributed by atoms with E-state index < -0.39 is 11.9 Å². The number of carbonyl (C=O) groups is 3. The average molecular weight is 273 g/mol. The van der Waals surface area contributed by atoms with Crippen LogP contribution in [0.15, 0.2) is 24.3 Å². The summed E-state index contributed by atoms with van der Waals surface area (Å²) in [5.74, 6) is -0.988. The fourth-order valence-corrected chi connectivity index (χ4v) is 2.34. The fourth-order valence-electron chi connectivity index (χ4n) is 2.34. The van der Waals surface area contributed by atoms with Gasteiger partial charge in [-0.05, 0) is 37.1 Å². The predicted octanol–water partition coefficient (Wildman–Crippen LogP) is 0.169. The first kappa shape index (κ1) is 12.8. The maximum atomic E-state index is 12.2. The summed E-state index contributed by atoms with van der Waals surface area (Å²) in [6, 6.07) is 6.10. The minimum Gasteiger partial charge on any atom is -0.366 e. The van der Waals surface area contributed by atoms with E-state index in [9.17, 15) is 14.4 Å². The minimum absolute atomic E-state index is 0.187. The second-order valence-corrected chi connectivity index (χ2v) is 5.18. The van der Waals surface area contributed by atoms with E-state index in [4.69, 9.17) is 5.73 Å². The van der Waals surface area contributed by atoms with Gasteiger partial charge in [-0.1, -0.05) is 0 Å². The number of carbonyl (C=O) groups excluding carboxylic acids is 3. The van der Waals surface area contributed by atoms with E-state index >= 15 is 0 Å². The highest BCUT2D eigenvalue weighted by Gasteiger charge is 2.41. The number of rotatable bonds is 4. The molecule has 6 nitrogen and oxygen atoms in total. The first-order chi connectivity index (χ1) is 9.56. The molecule has 1 heterocycles. The van der Waals surface area contributed by atoms with Gasteiger partial charge in [0, 0.05) is 11.6 Å². The number of imide groups is 1. The number of nitrogens with zero attached hydrogens (tertiary/aromatic N) is 1. The molecule has 0 radical (unpaired) electrons. The maximum absolute atomic E-state index is 12.2. The van der Waals surface area contributed by atoms with Gasteiger partial charge in [0.15, 0.2) is 0 Å². The van der Waals surface area contributed by atoms with E-state index in [2.05, 4.69) is 5.32 Å². The number of nitrogens with two attached hydrogens (primary N) is 1. The molecule has 104 valence electrons. The molecule has 0 spiro atoms. The van der Waals surface area contributed by atoms with Crippen molar-refractivity contribution in [3.63, 3.8) is 0 Å². The van der Waals surface area contributed by atoms with Gasteiger partial charge in [-0.2, -0.15) is 0 Å². The minimum atomic E-state index is -0.538. The second-order valence-electron chi connectivity index (χ2n) is 5.18. The van der Waals surface area contributed by atoms with Crippen molar-refractivity contribution in [1.29, 1.82) is 0 Å². The molecule has 1 aromatic rings. The molecule has 1 atom stereocenters. The molecule has 1 unspecified atom stereocenters. The predicted molar refractivity (Wildman–Crippen MR) is 72.0 cm³/mol. The van der Waals surface area contributed by atoms with Crippen molar-refractivity contribution >= 4 is 23.4 Å². The summed E-state index contributed by atoms with van der Waals surface area (Å²) >= 11 is 0. The Morgan fingerprint density at radius 3 is 2.40 bits per heavy atom. The SMILES string of the molecule is NC(=O)c1ccc(N2C(=O)CC(NC3CC3)C2=O)cc1.